The van der Waals surface area contributed by atoms with Gasteiger partial charge < -0.3 is 0 Å². The second kappa shape index (κ2) is 5.63. The molecule has 0 aliphatic rings. The fourth-order valence-corrected chi connectivity index (χ4v) is 2.10. The molecule has 0 aliphatic carbocycles. The zero-order chi connectivity index (χ0) is 14.9. The van der Waals surface area contributed by atoms with E-state index in [2.05, 4.69) is 4.98 Å². The number of halogens is 4. The van der Waals surface area contributed by atoms with Crippen molar-refractivity contribution < 1.29 is 18.0 Å². The van der Waals surface area contributed by atoms with Gasteiger partial charge >= 0.3 is 0 Å². The minimum Gasteiger partial charge on any atom is -0.298 e. The van der Waals surface area contributed by atoms with Gasteiger partial charge in [-0.3, -0.25) is 9.78 Å². The summed E-state index contributed by atoms with van der Waals surface area (Å²) >= 11 is 5.59. The van der Waals surface area contributed by atoms with Gasteiger partial charge in [0.2, 0.25) is 0 Å². The Bertz CT molecular complexity index is 674. The summed E-state index contributed by atoms with van der Waals surface area (Å²) < 4.78 is 39.9. The minimum atomic E-state index is -3.04. The third-order valence-electron chi connectivity index (χ3n) is 2.83. The van der Waals surface area contributed by atoms with E-state index >= 15 is 0 Å². The Balaban J connectivity index is 2.74. The van der Waals surface area contributed by atoms with Crippen molar-refractivity contribution in [3.05, 3.63) is 52.1 Å². The summed E-state index contributed by atoms with van der Waals surface area (Å²) in [5.41, 5.74) is -0.0908. The first-order chi connectivity index (χ1) is 9.45. The second-order valence-electron chi connectivity index (χ2n) is 4.15. The molecule has 0 atom stereocenters. The topological polar surface area (TPSA) is 30.0 Å². The molecule has 0 N–H and O–H groups in total. The van der Waals surface area contributed by atoms with Gasteiger partial charge in [0.05, 0.1) is 10.6 Å². The number of hydrogen-bond donors (Lipinski definition) is 0. The highest BCUT2D eigenvalue weighted by Crippen LogP contribution is 2.36. The molecule has 1 heterocycles. The van der Waals surface area contributed by atoms with E-state index < -0.39 is 17.8 Å². The van der Waals surface area contributed by atoms with Gasteiger partial charge in [0.1, 0.15) is 5.82 Å². The number of benzene rings is 1. The summed E-state index contributed by atoms with van der Waals surface area (Å²) in [6, 6.07) is 3.92. The molecule has 0 radical (unpaired) electrons. The summed E-state index contributed by atoms with van der Waals surface area (Å²) in [5, 5.41) is -0.348. The van der Waals surface area contributed by atoms with Gasteiger partial charge in [-0.1, -0.05) is 11.6 Å². The molecule has 1 aromatic carbocycles. The standard InChI is InChI=1S/C14H9ClF3NO/c1-7-4-10(8(6-20)5-19-7)9-2-3-11(15)12(13(9)16)14(17)18/h2-6,14H,1H3. The van der Waals surface area contributed by atoms with Crippen molar-refractivity contribution in [2.45, 2.75) is 13.3 Å². The third kappa shape index (κ3) is 2.54. The minimum absolute atomic E-state index is 0.0997. The van der Waals surface area contributed by atoms with Crippen LogP contribution in [0.5, 0.6) is 0 Å². The molecule has 0 unspecified atom stereocenters. The van der Waals surface area contributed by atoms with Gasteiger partial charge in [-0.15, -0.1) is 0 Å². The Morgan fingerprint density at radius 2 is 2.00 bits per heavy atom. The monoisotopic (exact) mass is 299 g/mol. The zero-order valence-corrected chi connectivity index (χ0v) is 11.1. The summed E-state index contributed by atoms with van der Waals surface area (Å²) in [4.78, 5) is 14.9. The van der Waals surface area contributed by atoms with Gasteiger partial charge in [0.25, 0.3) is 6.43 Å². The number of aromatic nitrogens is 1. The van der Waals surface area contributed by atoms with Gasteiger partial charge in [-0.25, -0.2) is 13.2 Å². The van der Waals surface area contributed by atoms with Crippen molar-refractivity contribution in [2.24, 2.45) is 0 Å². The lowest BCUT2D eigenvalue weighted by atomic mass is 9.98. The first-order valence-corrected chi connectivity index (χ1v) is 6.01. The number of carbonyl (C=O) groups excluding carboxylic acids is 1. The predicted octanol–water partition coefficient (Wildman–Crippen LogP) is 4.60. The molecule has 2 rings (SSSR count). The fraction of sp³-hybridized carbons (Fsp3) is 0.143. The highest BCUT2D eigenvalue weighted by molar-refractivity contribution is 6.31. The maximum absolute atomic E-state index is 14.2. The van der Waals surface area contributed by atoms with Crippen LogP contribution in [0.3, 0.4) is 0 Å². The number of aldehydes is 1. The van der Waals surface area contributed by atoms with Crippen LogP contribution in [0.4, 0.5) is 13.2 Å². The molecular formula is C14H9ClF3NO. The molecule has 0 spiro atoms. The average molecular weight is 300 g/mol. The van der Waals surface area contributed by atoms with Crippen molar-refractivity contribution in [3.8, 4) is 11.1 Å². The Morgan fingerprint density at radius 1 is 1.30 bits per heavy atom. The molecule has 0 aliphatic heterocycles. The molecule has 104 valence electrons. The van der Waals surface area contributed by atoms with Crippen LogP contribution in [-0.2, 0) is 0 Å². The number of aryl methyl sites for hydroxylation is 1. The smallest absolute Gasteiger partial charge is 0.268 e. The maximum atomic E-state index is 14.2. The number of nitrogens with zero attached hydrogens (tertiary/aromatic N) is 1. The van der Waals surface area contributed by atoms with Crippen LogP contribution >= 0.6 is 11.6 Å². The molecular weight excluding hydrogens is 291 g/mol. The number of rotatable bonds is 3. The van der Waals surface area contributed by atoms with E-state index in [1.54, 1.807) is 6.92 Å². The second-order valence-corrected chi connectivity index (χ2v) is 4.56. The van der Waals surface area contributed by atoms with Gasteiger partial charge in [0.15, 0.2) is 6.29 Å². The van der Waals surface area contributed by atoms with Gasteiger partial charge in [0, 0.05) is 23.0 Å². The summed E-state index contributed by atoms with van der Waals surface area (Å²) in [6.45, 7) is 1.65. The first kappa shape index (κ1) is 14.5. The Labute approximate surface area is 118 Å². The summed E-state index contributed by atoms with van der Waals surface area (Å²) in [6.07, 6.45) is -1.27. The number of pyridine rings is 1. The molecule has 0 bridgehead atoms. The van der Waals surface area contributed by atoms with Crippen LogP contribution in [-0.4, -0.2) is 11.3 Å². The fourth-order valence-electron chi connectivity index (χ4n) is 1.87. The summed E-state index contributed by atoms with van der Waals surface area (Å²) in [7, 11) is 0. The number of carbonyl (C=O) groups is 1. The Morgan fingerprint density at radius 3 is 2.60 bits per heavy atom. The molecule has 20 heavy (non-hydrogen) atoms. The molecule has 6 heteroatoms. The van der Waals surface area contributed by atoms with Gasteiger partial charge in [-0.2, -0.15) is 0 Å². The van der Waals surface area contributed by atoms with Gasteiger partial charge in [-0.05, 0) is 30.7 Å². The molecule has 0 saturated carbocycles. The van der Waals surface area contributed by atoms with E-state index in [1.165, 1.54) is 24.4 Å². The predicted molar refractivity (Wildman–Crippen MR) is 69.7 cm³/mol. The van der Waals surface area contributed by atoms with Crippen LogP contribution in [0, 0.1) is 12.7 Å². The van der Waals surface area contributed by atoms with Crippen LogP contribution in [0.15, 0.2) is 24.4 Å². The molecule has 1 aromatic heterocycles. The zero-order valence-electron chi connectivity index (χ0n) is 10.3. The maximum Gasteiger partial charge on any atom is 0.268 e. The molecule has 2 nitrogen and oxygen atoms in total. The Hall–Kier alpha value is -1.88. The summed E-state index contributed by atoms with van der Waals surface area (Å²) in [5.74, 6) is -1.12. The highest BCUT2D eigenvalue weighted by Gasteiger charge is 2.22. The van der Waals surface area contributed by atoms with Crippen molar-refractivity contribution in [3.63, 3.8) is 0 Å². The van der Waals surface area contributed by atoms with Crippen molar-refractivity contribution >= 4 is 17.9 Å². The SMILES string of the molecule is Cc1cc(-c2ccc(Cl)c(C(F)F)c2F)c(C=O)cn1. The molecule has 0 amide bonds. The van der Waals surface area contributed by atoms with E-state index in [0.29, 0.717) is 12.0 Å². The van der Waals surface area contributed by atoms with Crippen LogP contribution in [0.1, 0.15) is 28.0 Å². The third-order valence-corrected chi connectivity index (χ3v) is 3.16. The molecule has 0 saturated heterocycles. The van der Waals surface area contributed by atoms with Crippen LogP contribution in [0.25, 0.3) is 11.1 Å². The normalized spacial score (nSPS) is 10.9. The highest BCUT2D eigenvalue weighted by atomic mass is 35.5. The molecule has 2 aromatic rings. The van der Waals surface area contributed by atoms with E-state index in [9.17, 15) is 18.0 Å². The number of hydrogen-bond acceptors (Lipinski definition) is 2. The lowest BCUT2D eigenvalue weighted by Crippen LogP contribution is -1.99. The van der Waals surface area contributed by atoms with Crippen molar-refractivity contribution in [1.29, 1.82) is 0 Å². The van der Waals surface area contributed by atoms with E-state index in [-0.39, 0.29) is 21.7 Å². The first-order valence-electron chi connectivity index (χ1n) is 5.64. The lowest BCUT2D eigenvalue weighted by molar-refractivity contribution is 0.112. The lowest BCUT2D eigenvalue weighted by Gasteiger charge is -2.11. The van der Waals surface area contributed by atoms with E-state index in [1.807, 2.05) is 0 Å². The number of alkyl halides is 2. The van der Waals surface area contributed by atoms with E-state index in [0.717, 1.165) is 0 Å². The average Bonchev–Trinajstić information content (AvgIpc) is 2.38. The van der Waals surface area contributed by atoms with Crippen molar-refractivity contribution in [1.82, 2.24) is 4.98 Å². The van der Waals surface area contributed by atoms with E-state index in [4.69, 9.17) is 11.6 Å². The molecule has 0 fully saturated rings. The largest absolute Gasteiger partial charge is 0.298 e. The van der Waals surface area contributed by atoms with Crippen LogP contribution < -0.4 is 0 Å². The van der Waals surface area contributed by atoms with Crippen molar-refractivity contribution in [2.75, 3.05) is 0 Å². The quantitative estimate of drug-likeness (QED) is 0.775. The Kier molecular flexibility index (Phi) is 4.09. The van der Waals surface area contributed by atoms with Crippen LogP contribution in [0.2, 0.25) is 5.02 Å².